The Hall–Kier alpha value is -1.37. The molecule has 1 aromatic rings. The highest BCUT2D eigenvalue weighted by molar-refractivity contribution is 7.99. The first-order valence-electron chi connectivity index (χ1n) is 6.07. The number of alkyl halides is 3. The molecule has 0 aromatic heterocycles. The van der Waals surface area contributed by atoms with E-state index < -0.39 is 6.36 Å². The molecular weight excluding hydrogens is 291 g/mol. The van der Waals surface area contributed by atoms with Crippen molar-refractivity contribution in [3.63, 3.8) is 0 Å². The maximum absolute atomic E-state index is 12.2. The number of nitrogens with zero attached hydrogens (tertiary/aromatic N) is 1. The minimum Gasteiger partial charge on any atom is -0.406 e. The van der Waals surface area contributed by atoms with E-state index >= 15 is 0 Å². The lowest BCUT2D eigenvalue weighted by Crippen LogP contribution is -2.29. The van der Waals surface area contributed by atoms with Crippen molar-refractivity contribution in [3.05, 3.63) is 29.8 Å². The number of benzene rings is 1. The Morgan fingerprint density at radius 2 is 2.00 bits per heavy atom. The molecule has 0 spiro atoms. The first-order valence-corrected chi connectivity index (χ1v) is 7.36. The fourth-order valence-corrected chi connectivity index (χ4v) is 2.76. The first-order chi connectivity index (χ1) is 9.39. The SMILES string of the molecule is CSC1CCN(C(=O)c2ccc(OC(F)(F)F)cc2)C1. The number of thioether (sulfide) groups is 1. The molecule has 110 valence electrons. The van der Waals surface area contributed by atoms with Gasteiger partial charge in [-0.15, -0.1) is 13.2 Å². The fourth-order valence-electron chi connectivity index (χ4n) is 2.09. The van der Waals surface area contributed by atoms with Crippen LogP contribution in [0.25, 0.3) is 0 Å². The highest BCUT2D eigenvalue weighted by Crippen LogP contribution is 2.25. The van der Waals surface area contributed by atoms with Gasteiger partial charge in [-0.1, -0.05) is 0 Å². The van der Waals surface area contributed by atoms with E-state index in [1.165, 1.54) is 12.1 Å². The number of carbonyl (C=O) groups excluding carboxylic acids is 1. The van der Waals surface area contributed by atoms with Gasteiger partial charge in [0.25, 0.3) is 5.91 Å². The molecule has 0 bridgehead atoms. The summed E-state index contributed by atoms with van der Waals surface area (Å²) in [6, 6.07) is 5.03. The van der Waals surface area contributed by atoms with Crippen LogP contribution in [0.4, 0.5) is 13.2 Å². The number of rotatable bonds is 3. The lowest BCUT2D eigenvalue weighted by Gasteiger charge is -2.16. The number of carbonyl (C=O) groups is 1. The van der Waals surface area contributed by atoms with E-state index in [0.29, 0.717) is 23.9 Å². The highest BCUT2D eigenvalue weighted by atomic mass is 32.2. The van der Waals surface area contributed by atoms with Crippen molar-refractivity contribution in [3.8, 4) is 5.75 Å². The number of likely N-dealkylation sites (tertiary alicyclic amines) is 1. The van der Waals surface area contributed by atoms with Crippen LogP contribution in [0.3, 0.4) is 0 Å². The lowest BCUT2D eigenvalue weighted by molar-refractivity contribution is -0.274. The summed E-state index contributed by atoms with van der Waals surface area (Å²) >= 11 is 1.72. The fraction of sp³-hybridized carbons (Fsp3) is 0.462. The molecule has 1 saturated heterocycles. The lowest BCUT2D eigenvalue weighted by atomic mass is 10.2. The number of halogens is 3. The van der Waals surface area contributed by atoms with Gasteiger partial charge in [-0.05, 0) is 36.9 Å². The predicted molar refractivity (Wildman–Crippen MR) is 70.9 cm³/mol. The van der Waals surface area contributed by atoms with Crippen LogP contribution in [0.15, 0.2) is 24.3 Å². The van der Waals surface area contributed by atoms with Gasteiger partial charge in [-0.3, -0.25) is 4.79 Å². The molecule has 2 rings (SSSR count). The van der Waals surface area contributed by atoms with Crippen molar-refractivity contribution in [2.24, 2.45) is 0 Å². The van der Waals surface area contributed by atoms with Crippen LogP contribution in [-0.2, 0) is 0 Å². The summed E-state index contributed by atoms with van der Waals surface area (Å²) in [5, 5.41) is 0.437. The van der Waals surface area contributed by atoms with Crippen molar-refractivity contribution >= 4 is 17.7 Å². The van der Waals surface area contributed by atoms with Gasteiger partial charge >= 0.3 is 6.36 Å². The Labute approximate surface area is 119 Å². The zero-order valence-electron chi connectivity index (χ0n) is 10.8. The van der Waals surface area contributed by atoms with E-state index in [0.717, 1.165) is 18.6 Å². The van der Waals surface area contributed by atoms with Gasteiger partial charge in [-0.2, -0.15) is 11.8 Å². The summed E-state index contributed by atoms with van der Waals surface area (Å²) in [7, 11) is 0. The molecule has 7 heteroatoms. The normalized spacial score (nSPS) is 19.2. The summed E-state index contributed by atoms with van der Waals surface area (Å²) < 4.78 is 39.9. The van der Waals surface area contributed by atoms with Crippen LogP contribution in [0.1, 0.15) is 16.8 Å². The summed E-state index contributed by atoms with van der Waals surface area (Å²) in [6.45, 7) is 1.37. The molecule has 1 fully saturated rings. The molecule has 1 amide bonds. The van der Waals surface area contributed by atoms with E-state index in [1.807, 2.05) is 6.26 Å². The standard InChI is InChI=1S/C13H14F3NO2S/c1-20-11-6-7-17(8-11)12(18)9-2-4-10(5-3-9)19-13(14,15)16/h2-5,11H,6-8H2,1H3. The smallest absolute Gasteiger partial charge is 0.406 e. The maximum atomic E-state index is 12.2. The molecule has 1 aromatic carbocycles. The predicted octanol–water partition coefficient (Wildman–Crippen LogP) is 3.16. The Bertz CT molecular complexity index is 475. The van der Waals surface area contributed by atoms with Gasteiger partial charge in [0.15, 0.2) is 0 Å². The largest absolute Gasteiger partial charge is 0.573 e. The third kappa shape index (κ3) is 3.82. The molecular formula is C13H14F3NO2S. The van der Waals surface area contributed by atoms with Crippen LogP contribution in [-0.4, -0.2) is 41.8 Å². The quantitative estimate of drug-likeness (QED) is 0.859. The van der Waals surface area contributed by atoms with Crippen LogP contribution in [0.2, 0.25) is 0 Å². The summed E-state index contributed by atoms with van der Waals surface area (Å²) in [5.74, 6) is -0.474. The van der Waals surface area contributed by atoms with Crippen LogP contribution in [0.5, 0.6) is 5.75 Å². The molecule has 1 atom stereocenters. The van der Waals surface area contributed by atoms with Gasteiger partial charge in [-0.25, -0.2) is 0 Å². The van der Waals surface area contributed by atoms with Crippen molar-refractivity contribution < 1.29 is 22.7 Å². The molecule has 3 nitrogen and oxygen atoms in total. The first kappa shape index (κ1) is 15.0. The molecule has 1 heterocycles. The van der Waals surface area contributed by atoms with Gasteiger partial charge in [0, 0.05) is 23.9 Å². The second kappa shape index (κ2) is 5.95. The van der Waals surface area contributed by atoms with Gasteiger partial charge in [0.2, 0.25) is 0 Å². The number of amides is 1. The van der Waals surface area contributed by atoms with Crippen LogP contribution >= 0.6 is 11.8 Å². The summed E-state index contributed by atoms with van der Waals surface area (Å²) in [4.78, 5) is 13.9. The molecule has 1 aliphatic heterocycles. The summed E-state index contributed by atoms with van der Waals surface area (Å²) in [5.41, 5.74) is 0.376. The highest BCUT2D eigenvalue weighted by Gasteiger charge is 2.31. The van der Waals surface area contributed by atoms with Crippen molar-refractivity contribution in [1.29, 1.82) is 0 Å². The molecule has 0 aliphatic carbocycles. The maximum Gasteiger partial charge on any atom is 0.573 e. The van der Waals surface area contributed by atoms with Crippen LogP contribution < -0.4 is 4.74 Å². The minimum atomic E-state index is -4.72. The van der Waals surface area contributed by atoms with E-state index in [9.17, 15) is 18.0 Å². The molecule has 1 unspecified atom stereocenters. The third-order valence-corrected chi connectivity index (χ3v) is 4.15. The van der Waals surface area contributed by atoms with Crippen molar-refractivity contribution in [2.75, 3.05) is 19.3 Å². The Kier molecular flexibility index (Phi) is 4.47. The van der Waals surface area contributed by atoms with Gasteiger partial charge in [0.1, 0.15) is 5.75 Å². The number of ether oxygens (including phenoxy) is 1. The second-order valence-corrected chi connectivity index (χ2v) is 5.61. The van der Waals surface area contributed by atoms with Crippen LogP contribution in [0, 0.1) is 0 Å². The zero-order valence-corrected chi connectivity index (χ0v) is 11.6. The second-order valence-electron chi connectivity index (χ2n) is 4.47. The van der Waals surface area contributed by atoms with Crippen molar-refractivity contribution in [1.82, 2.24) is 4.90 Å². The Morgan fingerprint density at radius 1 is 1.35 bits per heavy atom. The summed E-state index contributed by atoms with van der Waals surface area (Å²) in [6.07, 6.45) is -1.77. The zero-order chi connectivity index (χ0) is 14.8. The minimum absolute atomic E-state index is 0.153. The molecule has 0 radical (unpaired) electrons. The van der Waals surface area contributed by atoms with E-state index in [2.05, 4.69) is 4.74 Å². The van der Waals surface area contributed by atoms with Crippen molar-refractivity contribution in [2.45, 2.75) is 18.0 Å². The number of hydrogen-bond donors (Lipinski definition) is 0. The van der Waals surface area contributed by atoms with E-state index in [1.54, 1.807) is 16.7 Å². The van der Waals surface area contributed by atoms with E-state index in [4.69, 9.17) is 0 Å². The third-order valence-electron chi connectivity index (χ3n) is 3.10. The number of hydrogen-bond acceptors (Lipinski definition) is 3. The molecule has 1 aliphatic rings. The monoisotopic (exact) mass is 305 g/mol. The Balaban J connectivity index is 2.01. The molecule has 0 N–H and O–H groups in total. The molecule has 20 heavy (non-hydrogen) atoms. The average Bonchev–Trinajstić information content (AvgIpc) is 2.85. The average molecular weight is 305 g/mol. The Morgan fingerprint density at radius 3 is 2.50 bits per heavy atom. The van der Waals surface area contributed by atoms with Gasteiger partial charge < -0.3 is 9.64 Å². The molecule has 0 saturated carbocycles. The topological polar surface area (TPSA) is 29.5 Å². The van der Waals surface area contributed by atoms with Gasteiger partial charge in [0.05, 0.1) is 0 Å². The van der Waals surface area contributed by atoms with E-state index in [-0.39, 0.29) is 11.7 Å².